The Morgan fingerprint density at radius 3 is 2.61 bits per heavy atom. The Morgan fingerprint density at radius 2 is 1.96 bits per heavy atom. The van der Waals surface area contributed by atoms with Crippen molar-refractivity contribution in [2.75, 3.05) is 11.9 Å². The minimum absolute atomic E-state index is 0.0664. The molecular weight excluding hydrogens is 320 g/mol. The Labute approximate surface area is 138 Å². The van der Waals surface area contributed by atoms with Crippen LogP contribution in [0.4, 0.5) is 11.4 Å². The molecule has 2 rings (SSSR count). The molecule has 0 atom stereocenters. The van der Waals surface area contributed by atoms with Gasteiger partial charge in [0.15, 0.2) is 0 Å². The number of anilines is 1. The van der Waals surface area contributed by atoms with Gasteiger partial charge < -0.3 is 10.1 Å². The maximum Gasteiger partial charge on any atom is 0.271 e. The van der Waals surface area contributed by atoms with Crippen LogP contribution in [0.25, 0.3) is 0 Å². The molecule has 1 amide bonds. The van der Waals surface area contributed by atoms with Gasteiger partial charge in [-0.3, -0.25) is 14.9 Å². The highest BCUT2D eigenvalue weighted by atomic mass is 35.5. The second-order valence-corrected chi connectivity index (χ2v) is 5.29. The van der Waals surface area contributed by atoms with Crippen molar-refractivity contribution in [2.45, 2.75) is 13.3 Å². The summed E-state index contributed by atoms with van der Waals surface area (Å²) in [4.78, 5) is 22.2. The zero-order valence-corrected chi connectivity index (χ0v) is 13.2. The highest BCUT2D eigenvalue weighted by Gasteiger charge is 2.11. The lowest BCUT2D eigenvalue weighted by Crippen LogP contribution is -2.16. The van der Waals surface area contributed by atoms with Gasteiger partial charge in [-0.2, -0.15) is 0 Å². The van der Waals surface area contributed by atoms with Crippen LogP contribution in [0.1, 0.15) is 12.0 Å². The Hall–Kier alpha value is -2.60. The fraction of sp³-hybridized carbons (Fsp3) is 0.188. The second kappa shape index (κ2) is 7.60. The summed E-state index contributed by atoms with van der Waals surface area (Å²) in [5.41, 5.74) is 1.11. The van der Waals surface area contributed by atoms with Crippen molar-refractivity contribution in [3.63, 3.8) is 0 Å². The first kappa shape index (κ1) is 16.8. The number of carbonyl (C=O) groups is 1. The summed E-state index contributed by atoms with van der Waals surface area (Å²) < 4.78 is 5.43. The summed E-state index contributed by atoms with van der Waals surface area (Å²) in [5.74, 6) is 0.344. The van der Waals surface area contributed by atoms with Crippen LogP contribution in [0.5, 0.6) is 5.75 Å². The molecule has 0 bridgehead atoms. The average Bonchev–Trinajstić information content (AvgIpc) is 2.51. The number of non-ortho nitro benzene ring substituents is 1. The van der Waals surface area contributed by atoms with Crippen LogP contribution in [-0.4, -0.2) is 17.4 Å². The number of aryl methyl sites for hydroxylation is 1. The van der Waals surface area contributed by atoms with E-state index in [2.05, 4.69) is 5.32 Å². The number of carbonyl (C=O) groups excluding carboxylic acids is 1. The lowest BCUT2D eigenvalue weighted by atomic mass is 10.2. The third-order valence-corrected chi connectivity index (χ3v) is 3.37. The minimum atomic E-state index is -0.501. The van der Waals surface area contributed by atoms with Gasteiger partial charge in [-0.15, -0.1) is 0 Å². The van der Waals surface area contributed by atoms with E-state index in [0.717, 1.165) is 5.56 Å². The molecule has 0 unspecified atom stereocenters. The number of nitrogens with one attached hydrogen (secondary N) is 1. The molecule has 2 aromatic rings. The van der Waals surface area contributed by atoms with Gasteiger partial charge in [0.25, 0.3) is 5.69 Å². The van der Waals surface area contributed by atoms with E-state index >= 15 is 0 Å². The number of hydrogen-bond acceptors (Lipinski definition) is 4. The first-order chi connectivity index (χ1) is 11.0. The van der Waals surface area contributed by atoms with E-state index in [9.17, 15) is 14.9 Å². The molecule has 23 heavy (non-hydrogen) atoms. The summed E-state index contributed by atoms with van der Waals surface area (Å²) in [5, 5.41) is 14.0. The van der Waals surface area contributed by atoms with Gasteiger partial charge in [0, 0.05) is 17.2 Å². The van der Waals surface area contributed by atoms with Crippen LogP contribution in [0, 0.1) is 17.0 Å². The maximum atomic E-state index is 11.9. The number of halogens is 1. The largest absolute Gasteiger partial charge is 0.493 e. The van der Waals surface area contributed by atoms with Crippen molar-refractivity contribution < 1.29 is 14.5 Å². The number of hydrogen-bond donors (Lipinski definition) is 1. The van der Waals surface area contributed by atoms with Gasteiger partial charge in [-0.25, -0.2) is 0 Å². The molecule has 0 spiro atoms. The third-order valence-electron chi connectivity index (χ3n) is 3.12. The number of nitro benzene ring substituents is 1. The van der Waals surface area contributed by atoms with E-state index < -0.39 is 4.92 Å². The normalized spacial score (nSPS) is 10.2. The Morgan fingerprint density at radius 1 is 1.26 bits per heavy atom. The Balaban J connectivity index is 1.88. The van der Waals surface area contributed by atoms with E-state index in [-0.39, 0.29) is 24.6 Å². The zero-order chi connectivity index (χ0) is 16.8. The number of benzene rings is 2. The quantitative estimate of drug-likeness (QED) is 0.640. The molecule has 0 aromatic heterocycles. The smallest absolute Gasteiger partial charge is 0.271 e. The highest BCUT2D eigenvalue weighted by Crippen LogP contribution is 2.22. The van der Waals surface area contributed by atoms with Crippen molar-refractivity contribution in [3.05, 3.63) is 63.2 Å². The van der Waals surface area contributed by atoms with E-state index in [1.165, 1.54) is 12.1 Å². The van der Waals surface area contributed by atoms with Crippen LogP contribution in [0.2, 0.25) is 5.02 Å². The molecule has 0 heterocycles. The summed E-state index contributed by atoms with van der Waals surface area (Å²) in [6, 6.07) is 11.2. The van der Waals surface area contributed by atoms with Gasteiger partial charge in [-0.05, 0) is 36.8 Å². The molecule has 0 saturated carbocycles. The second-order valence-electron chi connectivity index (χ2n) is 4.86. The standard InChI is InChI=1S/C16H15ClN2O4/c1-11-2-5-13(19(21)22)10-15(11)18-16(20)8-9-23-14-6-3-12(17)4-7-14/h2-7,10H,8-9H2,1H3,(H,18,20). The fourth-order valence-corrected chi connectivity index (χ4v) is 1.99. The van der Waals surface area contributed by atoms with E-state index in [1.54, 1.807) is 37.3 Å². The first-order valence-corrected chi connectivity index (χ1v) is 7.27. The van der Waals surface area contributed by atoms with Gasteiger partial charge in [0.05, 0.1) is 23.6 Å². The predicted molar refractivity (Wildman–Crippen MR) is 88.0 cm³/mol. The van der Waals surface area contributed by atoms with Gasteiger partial charge in [-0.1, -0.05) is 17.7 Å². The fourth-order valence-electron chi connectivity index (χ4n) is 1.86. The number of ether oxygens (including phenoxy) is 1. The van der Waals surface area contributed by atoms with Gasteiger partial charge in [0.1, 0.15) is 5.75 Å². The molecular formula is C16H15ClN2O4. The SMILES string of the molecule is Cc1ccc([N+](=O)[O-])cc1NC(=O)CCOc1ccc(Cl)cc1. The minimum Gasteiger partial charge on any atom is -0.493 e. The van der Waals surface area contributed by atoms with Crippen LogP contribution in [0.3, 0.4) is 0 Å². The van der Waals surface area contributed by atoms with Crippen molar-refractivity contribution >= 4 is 28.9 Å². The Kier molecular flexibility index (Phi) is 5.54. The topological polar surface area (TPSA) is 81.5 Å². The summed E-state index contributed by atoms with van der Waals surface area (Å²) >= 11 is 5.77. The first-order valence-electron chi connectivity index (χ1n) is 6.89. The zero-order valence-electron chi connectivity index (χ0n) is 12.4. The predicted octanol–water partition coefficient (Wildman–Crippen LogP) is 3.96. The van der Waals surface area contributed by atoms with Crippen molar-refractivity contribution in [1.82, 2.24) is 0 Å². The van der Waals surface area contributed by atoms with Crippen molar-refractivity contribution in [2.24, 2.45) is 0 Å². The third kappa shape index (κ3) is 4.96. The molecule has 2 aromatic carbocycles. The molecule has 1 N–H and O–H groups in total. The van der Waals surface area contributed by atoms with Gasteiger partial charge in [0.2, 0.25) is 5.91 Å². The maximum absolute atomic E-state index is 11.9. The lowest BCUT2D eigenvalue weighted by Gasteiger charge is -2.09. The molecule has 0 fully saturated rings. The molecule has 0 aliphatic carbocycles. The average molecular weight is 335 g/mol. The molecule has 6 nitrogen and oxygen atoms in total. The Bertz CT molecular complexity index is 717. The van der Waals surface area contributed by atoms with Crippen LogP contribution >= 0.6 is 11.6 Å². The van der Waals surface area contributed by atoms with Crippen molar-refractivity contribution in [3.8, 4) is 5.75 Å². The molecule has 7 heteroatoms. The van der Waals surface area contributed by atoms with E-state index in [1.807, 2.05) is 0 Å². The lowest BCUT2D eigenvalue weighted by molar-refractivity contribution is -0.384. The summed E-state index contributed by atoms with van der Waals surface area (Å²) in [6.07, 6.45) is 0.130. The van der Waals surface area contributed by atoms with E-state index in [0.29, 0.717) is 16.5 Å². The van der Waals surface area contributed by atoms with Crippen LogP contribution < -0.4 is 10.1 Å². The molecule has 0 radical (unpaired) electrons. The summed E-state index contributed by atoms with van der Waals surface area (Å²) in [7, 11) is 0. The van der Waals surface area contributed by atoms with Crippen LogP contribution in [0.15, 0.2) is 42.5 Å². The number of amides is 1. The van der Waals surface area contributed by atoms with Crippen molar-refractivity contribution in [1.29, 1.82) is 0 Å². The molecule has 120 valence electrons. The summed E-state index contributed by atoms with van der Waals surface area (Å²) in [6.45, 7) is 1.96. The number of nitro groups is 1. The van der Waals surface area contributed by atoms with Gasteiger partial charge >= 0.3 is 0 Å². The molecule has 0 aliphatic rings. The molecule has 0 saturated heterocycles. The number of rotatable bonds is 6. The number of nitrogens with zero attached hydrogens (tertiary/aromatic N) is 1. The monoisotopic (exact) mass is 334 g/mol. The van der Waals surface area contributed by atoms with Crippen LogP contribution in [-0.2, 0) is 4.79 Å². The molecule has 0 aliphatic heterocycles. The highest BCUT2D eigenvalue weighted by molar-refractivity contribution is 6.30. The van der Waals surface area contributed by atoms with E-state index in [4.69, 9.17) is 16.3 Å².